The summed E-state index contributed by atoms with van der Waals surface area (Å²) in [5.41, 5.74) is 5.16. The molecule has 0 aromatic heterocycles. The summed E-state index contributed by atoms with van der Waals surface area (Å²) in [6, 6.07) is 16.3. The van der Waals surface area contributed by atoms with Crippen molar-refractivity contribution in [1.29, 1.82) is 0 Å². The fourth-order valence-corrected chi connectivity index (χ4v) is 4.64. The number of hydrogen-bond acceptors (Lipinski definition) is 4. The first-order valence-electron chi connectivity index (χ1n) is 9.91. The minimum Gasteiger partial charge on any atom is -0.493 e. The second-order valence-corrected chi connectivity index (χ2v) is 7.60. The Kier molecular flexibility index (Phi) is 4.59. The van der Waals surface area contributed by atoms with Gasteiger partial charge >= 0.3 is 0 Å². The smallest absolute Gasteiger partial charge is 0.161 e. The third-order valence-electron chi connectivity index (χ3n) is 6.05. The molecular weight excluding hydrogens is 386 g/mol. The van der Waals surface area contributed by atoms with Crippen molar-refractivity contribution in [3.8, 4) is 11.5 Å². The number of nitrogens with one attached hydrogen (secondary N) is 1. The zero-order valence-corrected chi connectivity index (χ0v) is 16.8. The summed E-state index contributed by atoms with van der Waals surface area (Å²) < 4.78 is 38.6. The first-order chi connectivity index (χ1) is 14.6. The molecule has 154 valence electrons. The summed E-state index contributed by atoms with van der Waals surface area (Å²) >= 11 is 0. The molecule has 30 heavy (non-hydrogen) atoms. The van der Waals surface area contributed by atoms with Gasteiger partial charge in [0, 0.05) is 12.2 Å². The predicted molar refractivity (Wildman–Crippen MR) is 111 cm³/mol. The number of methoxy groups -OCH3 is 2. The van der Waals surface area contributed by atoms with Crippen LogP contribution in [0.3, 0.4) is 0 Å². The lowest BCUT2D eigenvalue weighted by Crippen LogP contribution is -2.45. The number of ether oxygens (including phenoxy) is 2. The fourth-order valence-electron chi connectivity index (χ4n) is 4.64. The Balaban J connectivity index is 1.68. The van der Waals surface area contributed by atoms with Gasteiger partial charge in [-0.1, -0.05) is 24.3 Å². The molecule has 2 aliphatic heterocycles. The molecule has 2 unspecified atom stereocenters. The Morgan fingerprint density at radius 3 is 2.43 bits per heavy atom. The summed E-state index contributed by atoms with van der Waals surface area (Å²) in [6.07, 6.45) is 0.539. The van der Waals surface area contributed by atoms with E-state index in [-0.39, 0.29) is 12.2 Å². The van der Waals surface area contributed by atoms with Crippen LogP contribution >= 0.6 is 0 Å². The summed E-state index contributed by atoms with van der Waals surface area (Å²) in [5, 5.41) is 3.52. The van der Waals surface area contributed by atoms with Gasteiger partial charge in [-0.05, 0) is 59.0 Å². The van der Waals surface area contributed by atoms with Crippen molar-refractivity contribution in [3.63, 3.8) is 0 Å². The van der Waals surface area contributed by atoms with Gasteiger partial charge in [0.1, 0.15) is 6.17 Å². The van der Waals surface area contributed by atoms with E-state index in [0.29, 0.717) is 17.1 Å². The molecule has 2 aliphatic rings. The van der Waals surface area contributed by atoms with Crippen molar-refractivity contribution in [2.24, 2.45) is 0 Å². The molecule has 0 saturated carbocycles. The summed E-state index contributed by atoms with van der Waals surface area (Å²) in [4.78, 5) is 2.29. The summed E-state index contributed by atoms with van der Waals surface area (Å²) in [7, 11) is 3.27. The van der Waals surface area contributed by atoms with Crippen molar-refractivity contribution in [2.75, 3.05) is 26.1 Å². The first kappa shape index (κ1) is 18.9. The molecule has 3 aromatic rings. The fraction of sp³-hybridized carbons (Fsp3) is 0.250. The van der Waals surface area contributed by atoms with Gasteiger partial charge in [0.15, 0.2) is 23.1 Å². The number of hydrogen-bond donors (Lipinski definition) is 1. The number of benzene rings is 3. The summed E-state index contributed by atoms with van der Waals surface area (Å²) in [5.74, 6) is -0.288. The van der Waals surface area contributed by atoms with Crippen molar-refractivity contribution in [1.82, 2.24) is 4.90 Å². The van der Waals surface area contributed by atoms with Gasteiger partial charge < -0.3 is 14.8 Å². The highest BCUT2D eigenvalue weighted by Crippen LogP contribution is 2.48. The highest BCUT2D eigenvalue weighted by atomic mass is 19.2. The lowest BCUT2D eigenvalue weighted by molar-refractivity contribution is 0.153. The standard InChI is InChI=1S/C24H22F2N2O2/c1-29-21-12-14-9-10-28-23(17(14)13-22(21)30-2)16-5-3-4-6-20(16)27-24(28)15-7-8-18(25)19(26)11-15/h3-8,11-13,23-24,27H,9-10H2,1-2H3. The molecule has 5 rings (SSSR count). The Morgan fingerprint density at radius 2 is 1.67 bits per heavy atom. The summed E-state index contributed by atoms with van der Waals surface area (Å²) in [6.45, 7) is 0.762. The largest absolute Gasteiger partial charge is 0.493 e. The van der Waals surface area contributed by atoms with Crippen LogP contribution in [-0.4, -0.2) is 25.7 Å². The third kappa shape index (κ3) is 2.91. The van der Waals surface area contributed by atoms with Crippen molar-refractivity contribution in [2.45, 2.75) is 18.6 Å². The zero-order chi connectivity index (χ0) is 20.8. The van der Waals surface area contributed by atoms with E-state index in [2.05, 4.69) is 16.3 Å². The van der Waals surface area contributed by atoms with E-state index in [4.69, 9.17) is 9.47 Å². The van der Waals surface area contributed by atoms with Crippen molar-refractivity contribution < 1.29 is 18.3 Å². The second-order valence-electron chi connectivity index (χ2n) is 7.60. The SMILES string of the molecule is COc1cc2c(cc1OC)C1c3ccccc3NC(c3ccc(F)c(F)c3)N1CC2. The van der Waals surface area contributed by atoms with Crippen LogP contribution in [0.5, 0.6) is 11.5 Å². The van der Waals surface area contributed by atoms with E-state index in [1.807, 2.05) is 30.3 Å². The highest BCUT2D eigenvalue weighted by Gasteiger charge is 2.39. The molecule has 0 radical (unpaired) electrons. The molecule has 0 spiro atoms. The van der Waals surface area contributed by atoms with E-state index < -0.39 is 11.6 Å². The molecule has 3 aromatic carbocycles. The van der Waals surface area contributed by atoms with Gasteiger partial charge in [0.05, 0.1) is 20.3 Å². The maximum Gasteiger partial charge on any atom is 0.161 e. The van der Waals surface area contributed by atoms with Gasteiger partial charge in [-0.2, -0.15) is 0 Å². The van der Waals surface area contributed by atoms with E-state index >= 15 is 0 Å². The van der Waals surface area contributed by atoms with Crippen LogP contribution in [0.4, 0.5) is 14.5 Å². The van der Waals surface area contributed by atoms with Crippen LogP contribution in [0, 0.1) is 11.6 Å². The number of para-hydroxylation sites is 1. The van der Waals surface area contributed by atoms with E-state index in [0.717, 1.165) is 29.8 Å². The Bertz CT molecular complexity index is 1120. The number of fused-ring (bicyclic) bond motifs is 5. The van der Waals surface area contributed by atoms with E-state index in [9.17, 15) is 8.78 Å². The molecule has 0 saturated heterocycles. The Hall–Kier alpha value is -3.12. The number of rotatable bonds is 3. The quantitative estimate of drug-likeness (QED) is 0.657. The molecule has 6 heteroatoms. The van der Waals surface area contributed by atoms with Gasteiger partial charge in [0.2, 0.25) is 0 Å². The molecule has 0 bridgehead atoms. The molecule has 0 amide bonds. The molecular formula is C24H22F2N2O2. The average Bonchev–Trinajstić information content (AvgIpc) is 2.78. The number of anilines is 1. The normalized spacial score (nSPS) is 19.9. The topological polar surface area (TPSA) is 33.7 Å². The number of halogens is 2. The molecule has 4 nitrogen and oxygen atoms in total. The van der Waals surface area contributed by atoms with Gasteiger partial charge in [-0.3, -0.25) is 4.90 Å². The monoisotopic (exact) mass is 408 g/mol. The zero-order valence-electron chi connectivity index (χ0n) is 16.8. The minimum absolute atomic E-state index is 0.0379. The first-order valence-corrected chi connectivity index (χ1v) is 9.91. The Labute approximate surface area is 174 Å². The van der Waals surface area contributed by atoms with Crippen LogP contribution < -0.4 is 14.8 Å². The maximum absolute atomic E-state index is 14.0. The predicted octanol–water partition coefficient (Wildman–Crippen LogP) is 5.05. The van der Waals surface area contributed by atoms with Crippen LogP contribution in [-0.2, 0) is 6.42 Å². The Morgan fingerprint density at radius 1 is 0.900 bits per heavy atom. The van der Waals surface area contributed by atoms with Crippen LogP contribution in [0.2, 0.25) is 0 Å². The van der Waals surface area contributed by atoms with Gasteiger partial charge in [-0.25, -0.2) is 8.78 Å². The maximum atomic E-state index is 14.0. The number of nitrogens with zero attached hydrogens (tertiary/aromatic N) is 1. The van der Waals surface area contributed by atoms with Crippen LogP contribution in [0.15, 0.2) is 54.6 Å². The molecule has 1 N–H and O–H groups in total. The lowest BCUT2D eigenvalue weighted by atomic mass is 9.84. The van der Waals surface area contributed by atoms with Crippen molar-refractivity contribution in [3.05, 3.63) is 88.5 Å². The van der Waals surface area contributed by atoms with E-state index in [1.54, 1.807) is 20.3 Å². The van der Waals surface area contributed by atoms with Crippen LogP contribution in [0.25, 0.3) is 0 Å². The van der Waals surface area contributed by atoms with Gasteiger partial charge in [0.25, 0.3) is 0 Å². The second kappa shape index (κ2) is 7.29. The lowest BCUT2D eigenvalue weighted by Gasteiger charge is -2.47. The molecule has 2 heterocycles. The third-order valence-corrected chi connectivity index (χ3v) is 6.05. The van der Waals surface area contributed by atoms with Crippen LogP contribution in [0.1, 0.15) is 34.5 Å². The van der Waals surface area contributed by atoms with Crippen molar-refractivity contribution >= 4 is 5.69 Å². The highest BCUT2D eigenvalue weighted by molar-refractivity contribution is 5.61. The molecule has 2 atom stereocenters. The molecule has 0 aliphatic carbocycles. The molecule has 0 fully saturated rings. The van der Waals surface area contributed by atoms with Gasteiger partial charge in [-0.15, -0.1) is 0 Å². The minimum atomic E-state index is -0.840. The average molecular weight is 408 g/mol. The van der Waals surface area contributed by atoms with E-state index in [1.165, 1.54) is 17.7 Å².